The fraction of sp³-hybridized carbons (Fsp3) is 0.444. The molecule has 26 heavy (non-hydrogen) atoms. The first-order chi connectivity index (χ1) is 12.7. The third kappa shape index (κ3) is 3.45. The van der Waals surface area contributed by atoms with Gasteiger partial charge in [-0.2, -0.15) is 4.98 Å². The molecule has 3 heterocycles. The molecular weight excluding hydrogens is 336 g/mol. The van der Waals surface area contributed by atoms with Gasteiger partial charge in [0.15, 0.2) is 11.5 Å². The molecule has 1 saturated heterocycles. The number of nitrogen functional groups attached to an aromatic ring is 1. The molecule has 0 spiro atoms. The second-order valence-corrected chi connectivity index (χ2v) is 6.26. The van der Waals surface area contributed by atoms with E-state index in [2.05, 4.69) is 15.3 Å². The number of rotatable bonds is 5. The summed E-state index contributed by atoms with van der Waals surface area (Å²) in [5, 5.41) is 3.30. The number of nitrogens with two attached hydrogens (primary N) is 1. The normalized spacial score (nSPS) is 18.6. The Morgan fingerprint density at radius 3 is 2.69 bits per heavy atom. The van der Waals surface area contributed by atoms with Gasteiger partial charge in [0.25, 0.3) is 0 Å². The van der Waals surface area contributed by atoms with Gasteiger partial charge < -0.3 is 30.0 Å². The Morgan fingerprint density at radius 1 is 1.15 bits per heavy atom. The van der Waals surface area contributed by atoms with Crippen LogP contribution in [-0.4, -0.2) is 43.5 Å². The number of anilines is 2. The summed E-state index contributed by atoms with van der Waals surface area (Å²) >= 11 is 0. The molecule has 2 aliphatic heterocycles. The summed E-state index contributed by atoms with van der Waals surface area (Å²) < 4.78 is 22.2. The van der Waals surface area contributed by atoms with Crippen molar-refractivity contribution in [3.05, 3.63) is 29.5 Å². The van der Waals surface area contributed by atoms with Gasteiger partial charge in [0.1, 0.15) is 24.8 Å². The fourth-order valence-corrected chi connectivity index (χ4v) is 3.18. The summed E-state index contributed by atoms with van der Waals surface area (Å²) in [4.78, 5) is 8.63. The Hall–Kier alpha value is -2.74. The van der Waals surface area contributed by atoms with Crippen molar-refractivity contribution in [3.63, 3.8) is 0 Å². The summed E-state index contributed by atoms with van der Waals surface area (Å²) in [5.74, 6) is 3.35. The molecule has 138 valence electrons. The number of ether oxygens (including phenoxy) is 4. The first kappa shape index (κ1) is 16.7. The SMILES string of the molecule is COc1cc2c(cc1CNc1cc([C@@H]3CCOC3)nc(N)n1)OCCO2. The van der Waals surface area contributed by atoms with E-state index in [1.54, 1.807) is 7.11 Å². The van der Waals surface area contributed by atoms with Crippen LogP contribution in [0.1, 0.15) is 23.6 Å². The molecule has 1 aromatic heterocycles. The molecular formula is C18H22N4O4. The number of nitrogens with one attached hydrogen (secondary N) is 1. The molecule has 0 unspecified atom stereocenters. The molecule has 1 atom stereocenters. The largest absolute Gasteiger partial charge is 0.496 e. The number of hydrogen-bond acceptors (Lipinski definition) is 8. The molecule has 0 amide bonds. The highest BCUT2D eigenvalue weighted by Gasteiger charge is 2.21. The zero-order valence-electron chi connectivity index (χ0n) is 14.7. The van der Waals surface area contributed by atoms with Crippen LogP contribution in [0.2, 0.25) is 0 Å². The maximum atomic E-state index is 5.88. The molecule has 2 aliphatic rings. The van der Waals surface area contributed by atoms with E-state index < -0.39 is 0 Å². The van der Waals surface area contributed by atoms with E-state index in [9.17, 15) is 0 Å². The number of aromatic nitrogens is 2. The number of methoxy groups -OCH3 is 1. The average Bonchev–Trinajstić information content (AvgIpc) is 3.20. The molecule has 8 nitrogen and oxygen atoms in total. The number of benzene rings is 1. The lowest BCUT2D eigenvalue weighted by Crippen LogP contribution is -2.16. The zero-order valence-corrected chi connectivity index (χ0v) is 14.7. The Kier molecular flexibility index (Phi) is 4.66. The second kappa shape index (κ2) is 7.25. The minimum absolute atomic E-state index is 0.256. The first-order valence-electron chi connectivity index (χ1n) is 8.65. The highest BCUT2D eigenvalue weighted by atomic mass is 16.6. The van der Waals surface area contributed by atoms with Gasteiger partial charge in [-0.05, 0) is 12.5 Å². The summed E-state index contributed by atoms with van der Waals surface area (Å²) in [6.07, 6.45) is 0.950. The van der Waals surface area contributed by atoms with Crippen molar-refractivity contribution in [1.29, 1.82) is 0 Å². The van der Waals surface area contributed by atoms with E-state index in [0.717, 1.165) is 35.8 Å². The van der Waals surface area contributed by atoms with Crippen LogP contribution in [0, 0.1) is 0 Å². The van der Waals surface area contributed by atoms with Crippen LogP contribution in [-0.2, 0) is 11.3 Å². The number of hydrogen-bond donors (Lipinski definition) is 2. The molecule has 0 aliphatic carbocycles. The fourth-order valence-electron chi connectivity index (χ4n) is 3.18. The zero-order chi connectivity index (χ0) is 17.9. The summed E-state index contributed by atoms with van der Waals surface area (Å²) in [6, 6.07) is 5.71. The quantitative estimate of drug-likeness (QED) is 0.836. The number of fused-ring (bicyclic) bond motifs is 1. The van der Waals surface area contributed by atoms with Gasteiger partial charge in [0.2, 0.25) is 5.95 Å². The summed E-state index contributed by atoms with van der Waals surface area (Å²) in [6.45, 7) is 3.03. The van der Waals surface area contributed by atoms with Crippen molar-refractivity contribution in [1.82, 2.24) is 9.97 Å². The third-order valence-corrected chi connectivity index (χ3v) is 4.52. The maximum absolute atomic E-state index is 5.88. The Balaban J connectivity index is 1.53. The smallest absolute Gasteiger partial charge is 0.222 e. The van der Waals surface area contributed by atoms with Gasteiger partial charge in [-0.25, -0.2) is 4.98 Å². The molecule has 0 saturated carbocycles. The molecule has 0 bridgehead atoms. The van der Waals surface area contributed by atoms with Crippen molar-refractivity contribution in [3.8, 4) is 17.2 Å². The topological polar surface area (TPSA) is 101 Å². The maximum Gasteiger partial charge on any atom is 0.222 e. The van der Waals surface area contributed by atoms with Crippen LogP contribution >= 0.6 is 0 Å². The molecule has 1 fully saturated rings. The van der Waals surface area contributed by atoms with Crippen LogP contribution in [0.15, 0.2) is 18.2 Å². The molecule has 1 aromatic carbocycles. The van der Waals surface area contributed by atoms with Gasteiger partial charge >= 0.3 is 0 Å². The molecule has 2 aromatic rings. The monoisotopic (exact) mass is 358 g/mol. The standard InChI is InChI=1S/C18H22N4O4/c1-23-14-8-16-15(25-4-5-26-16)6-12(14)9-20-17-7-13(21-18(19)22-17)11-2-3-24-10-11/h6-8,11H,2-5,9-10H2,1H3,(H3,19,20,21,22)/t11-/m1/s1. The summed E-state index contributed by atoms with van der Waals surface area (Å²) in [7, 11) is 1.63. The Labute approximate surface area is 151 Å². The van der Waals surface area contributed by atoms with Crippen LogP contribution < -0.4 is 25.3 Å². The Bertz CT molecular complexity index is 793. The number of nitrogens with zero attached hydrogens (tertiary/aromatic N) is 2. The van der Waals surface area contributed by atoms with E-state index >= 15 is 0 Å². The van der Waals surface area contributed by atoms with Crippen LogP contribution in [0.5, 0.6) is 17.2 Å². The minimum atomic E-state index is 0.256. The minimum Gasteiger partial charge on any atom is -0.496 e. The van der Waals surface area contributed by atoms with Crippen LogP contribution in [0.25, 0.3) is 0 Å². The van der Waals surface area contributed by atoms with E-state index in [1.807, 2.05) is 18.2 Å². The van der Waals surface area contributed by atoms with Gasteiger partial charge in [-0.1, -0.05) is 0 Å². The van der Waals surface area contributed by atoms with Crippen molar-refractivity contribution in [2.75, 3.05) is 44.6 Å². The summed E-state index contributed by atoms with van der Waals surface area (Å²) in [5.41, 5.74) is 7.73. The highest BCUT2D eigenvalue weighted by Crippen LogP contribution is 2.37. The van der Waals surface area contributed by atoms with Crippen molar-refractivity contribution < 1.29 is 18.9 Å². The van der Waals surface area contributed by atoms with E-state index in [4.69, 9.17) is 24.7 Å². The van der Waals surface area contributed by atoms with E-state index in [-0.39, 0.29) is 11.9 Å². The molecule has 8 heteroatoms. The van der Waals surface area contributed by atoms with Gasteiger partial charge in [0.05, 0.1) is 19.4 Å². The lowest BCUT2D eigenvalue weighted by atomic mass is 10.0. The Morgan fingerprint density at radius 2 is 1.96 bits per heavy atom. The predicted octanol–water partition coefficient (Wildman–Crippen LogP) is 1.95. The second-order valence-electron chi connectivity index (χ2n) is 6.26. The van der Waals surface area contributed by atoms with Gasteiger partial charge in [-0.3, -0.25) is 0 Å². The third-order valence-electron chi connectivity index (χ3n) is 4.52. The van der Waals surface area contributed by atoms with E-state index in [0.29, 0.717) is 37.9 Å². The molecule has 4 rings (SSSR count). The van der Waals surface area contributed by atoms with Crippen LogP contribution in [0.4, 0.5) is 11.8 Å². The van der Waals surface area contributed by atoms with E-state index in [1.165, 1.54) is 0 Å². The van der Waals surface area contributed by atoms with Crippen LogP contribution in [0.3, 0.4) is 0 Å². The lowest BCUT2D eigenvalue weighted by Gasteiger charge is -2.21. The van der Waals surface area contributed by atoms with Gasteiger partial charge in [0, 0.05) is 36.8 Å². The molecule has 0 radical (unpaired) electrons. The van der Waals surface area contributed by atoms with Crippen molar-refractivity contribution in [2.24, 2.45) is 0 Å². The lowest BCUT2D eigenvalue weighted by molar-refractivity contribution is 0.170. The average molecular weight is 358 g/mol. The van der Waals surface area contributed by atoms with Gasteiger partial charge in [-0.15, -0.1) is 0 Å². The first-order valence-corrected chi connectivity index (χ1v) is 8.65. The predicted molar refractivity (Wildman–Crippen MR) is 95.9 cm³/mol. The van der Waals surface area contributed by atoms with Crippen molar-refractivity contribution in [2.45, 2.75) is 18.9 Å². The van der Waals surface area contributed by atoms with Crippen molar-refractivity contribution >= 4 is 11.8 Å². The molecule has 3 N–H and O–H groups in total. The highest BCUT2D eigenvalue weighted by molar-refractivity contribution is 5.53.